The van der Waals surface area contributed by atoms with Gasteiger partial charge in [0.15, 0.2) is 0 Å². The molecule has 6 heteroatoms. The Morgan fingerprint density at radius 3 is 3.00 bits per heavy atom. The molecule has 0 spiro atoms. The maximum atomic E-state index is 11.8. The summed E-state index contributed by atoms with van der Waals surface area (Å²) in [4.78, 5) is 11.8. The highest BCUT2D eigenvalue weighted by atomic mass is 16.5. The monoisotopic (exact) mass is 288 g/mol. The summed E-state index contributed by atoms with van der Waals surface area (Å²) in [5.74, 6) is -0.0678. The van der Waals surface area contributed by atoms with Gasteiger partial charge in [-0.05, 0) is 12.5 Å². The third kappa shape index (κ3) is 4.32. The molecule has 2 rings (SSSR count). The first-order chi connectivity index (χ1) is 10.2. The van der Waals surface area contributed by atoms with Gasteiger partial charge in [-0.1, -0.05) is 18.2 Å². The molecule has 3 N–H and O–H groups in total. The molecule has 0 aliphatic carbocycles. The largest absolute Gasteiger partial charge is 0.398 e. The van der Waals surface area contributed by atoms with E-state index in [1.54, 1.807) is 18.0 Å². The number of aromatic nitrogens is 2. The van der Waals surface area contributed by atoms with Crippen LogP contribution < -0.4 is 11.1 Å². The molecule has 1 aromatic carbocycles. The number of amides is 1. The maximum Gasteiger partial charge on any atom is 0.241 e. The number of carbonyl (C=O) groups excluding carboxylic acids is 1. The molecular formula is C15H20N4O2. The van der Waals surface area contributed by atoms with Gasteiger partial charge in [0, 0.05) is 43.3 Å². The number of nitrogens with one attached hydrogen (secondary N) is 1. The Morgan fingerprint density at radius 1 is 1.43 bits per heavy atom. The number of nitrogens with zero attached hydrogens (tertiary/aromatic N) is 2. The number of methoxy groups -OCH3 is 1. The van der Waals surface area contributed by atoms with E-state index in [0.717, 1.165) is 17.5 Å². The van der Waals surface area contributed by atoms with Gasteiger partial charge in [-0.15, -0.1) is 0 Å². The number of rotatable bonds is 7. The van der Waals surface area contributed by atoms with Crippen LogP contribution in [-0.4, -0.2) is 35.9 Å². The highest BCUT2D eigenvalue weighted by molar-refractivity contribution is 5.77. The molecule has 2 aromatic rings. The molecule has 0 atom stereocenters. The highest BCUT2D eigenvalue weighted by Gasteiger charge is 2.07. The molecule has 112 valence electrons. The average molecular weight is 288 g/mol. The normalized spacial score (nSPS) is 10.5. The third-order valence-electron chi connectivity index (χ3n) is 3.06. The summed E-state index contributed by atoms with van der Waals surface area (Å²) in [7, 11) is 1.64. The van der Waals surface area contributed by atoms with E-state index in [9.17, 15) is 4.79 Å². The summed E-state index contributed by atoms with van der Waals surface area (Å²) in [6.07, 6.45) is 4.33. The van der Waals surface area contributed by atoms with Crippen molar-refractivity contribution >= 4 is 11.6 Å². The van der Waals surface area contributed by atoms with E-state index in [-0.39, 0.29) is 12.5 Å². The average Bonchev–Trinajstić information content (AvgIpc) is 2.92. The fraction of sp³-hybridized carbons (Fsp3) is 0.333. The van der Waals surface area contributed by atoms with E-state index >= 15 is 0 Å². The predicted molar refractivity (Wildman–Crippen MR) is 81.6 cm³/mol. The Labute approximate surface area is 123 Å². The Kier molecular flexibility index (Phi) is 5.34. The molecule has 0 aliphatic rings. The van der Waals surface area contributed by atoms with E-state index in [2.05, 4.69) is 10.4 Å². The second-order valence-corrected chi connectivity index (χ2v) is 4.71. The fourth-order valence-electron chi connectivity index (χ4n) is 2.00. The van der Waals surface area contributed by atoms with Gasteiger partial charge in [-0.3, -0.25) is 9.48 Å². The van der Waals surface area contributed by atoms with Gasteiger partial charge >= 0.3 is 0 Å². The summed E-state index contributed by atoms with van der Waals surface area (Å²) in [5.41, 5.74) is 8.45. The maximum absolute atomic E-state index is 11.8. The van der Waals surface area contributed by atoms with E-state index in [1.165, 1.54) is 0 Å². The molecule has 1 heterocycles. The molecule has 0 radical (unpaired) electrons. The summed E-state index contributed by atoms with van der Waals surface area (Å²) >= 11 is 0. The lowest BCUT2D eigenvalue weighted by atomic mass is 10.1. The lowest BCUT2D eigenvalue weighted by Crippen LogP contribution is -2.29. The number of benzene rings is 1. The van der Waals surface area contributed by atoms with Crippen molar-refractivity contribution in [2.45, 2.75) is 13.0 Å². The van der Waals surface area contributed by atoms with Crippen LogP contribution in [0, 0.1) is 0 Å². The Morgan fingerprint density at radius 2 is 2.24 bits per heavy atom. The van der Waals surface area contributed by atoms with Gasteiger partial charge in [0.1, 0.15) is 6.54 Å². The zero-order valence-electron chi connectivity index (χ0n) is 12.1. The lowest BCUT2D eigenvalue weighted by Gasteiger charge is -2.05. The van der Waals surface area contributed by atoms with Crippen molar-refractivity contribution in [1.82, 2.24) is 15.1 Å². The van der Waals surface area contributed by atoms with Crippen molar-refractivity contribution in [3.05, 3.63) is 36.7 Å². The molecule has 0 bridgehead atoms. The number of anilines is 1. The molecule has 0 unspecified atom stereocenters. The predicted octanol–water partition coefficient (Wildman–Crippen LogP) is 1.28. The summed E-state index contributed by atoms with van der Waals surface area (Å²) in [6.45, 7) is 1.44. The Bertz CT molecular complexity index is 595. The van der Waals surface area contributed by atoms with Gasteiger partial charge in [0.2, 0.25) is 5.91 Å². The van der Waals surface area contributed by atoms with Crippen molar-refractivity contribution in [1.29, 1.82) is 0 Å². The smallest absolute Gasteiger partial charge is 0.241 e. The number of nitrogens with two attached hydrogens (primary N) is 1. The van der Waals surface area contributed by atoms with Crippen LogP contribution in [0.1, 0.15) is 6.42 Å². The standard InChI is InChI=1S/C15H20N4O2/c1-21-8-4-7-17-15(20)11-19-10-12(9-18-19)13-5-2-3-6-14(13)16/h2-3,5-6,9-10H,4,7-8,11,16H2,1H3,(H,17,20). The fourth-order valence-corrected chi connectivity index (χ4v) is 2.00. The molecule has 1 amide bonds. The van der Waals surface area contributed by atoms with Crippen molar-refractivity contribution in [3.63, 3.8) is 0 Å². The summed E-state index contributed by atoms with van der Waals surface area (Å²) in [5, 5.41) is 7.02. The number of carbonyl (C=O) groups is 1. The van der Waals surface area contributed by atoms with Crippen molar-refractivity contribution in [2.24, 2.45) is 0 Å². The van der Waals surface area contributed by atoms with E-state index in [0.29, 0.717) is 18.8 Å². The molecule has 0 saturated heterocycles. The highest BCUT2D eigenvalue weighted by Crippen LogP contribution is 2.24. The lowest BCUT2D eigenvalue weighted by molar-refractivity contribution is -0.121. The third-order valence-corrected chi connectivity index (χ3v) is 3.06. The van der Waals surface area contributed by atoms with Crippen LogP contribution in [0.3, 0.4) is 0 Å². The van der Waals surface area contributed by atoms with Crippen LogP contribution in [-0.2, 0) is 16.1 Å². The van der Waals surface area contributed by atoms with Crippen LogP contribution in [0.2, 0.25) is 0 Å². The molecule has 21 heavy (non-hydrogen) atoms. The van der Waals surface area contributed by atoms with Gasteiger partial charge in [0.25, 0.3) is 0 Å². The molecule has 0 aliphatic heterocycles. The van der Waals surface area contributed by atoms with Gasteiger partial charge in [-0.25, -0.2) is 0 Å². The van der Waals surface area contributed by atoms with Crippen LogP contribution in [0.25, 0.3) is 11.1 Å². The number of hydrogen-bond donors (Lipinski definition) is 2. The Balaban J connectivity index is 1.91. The molecule has 1 aromatic heterocycles. The van der Waals surface area contributed by atoms with Crippen LogP contribution in [0.4, 0.5) is 5.69 Å². The van der Waals surface area contributed by atoms with Gasteiger partial charge in [-0.2, -0.15) is 5.10 Å². The van der Waals surface area contributed by atoms with Crippen molar-refractivity contribution < 1.29 is 9.53 Å². The second-order valence-electron chi connectivity index (χ2n) is 4.71. The molecular weight excluding hydrogens is 268 g/mol. The first-order valence-electron chi connectivity index (χ1n) is 6.83. The van der Waals surface area contributed by atoms with E-state index < -0.39 is 0 Å². The summed E-state index contributed by atoms with van der Waals surface area (Å²) in [6, 6.07) is 7.58. The molecule has 0 saturated carbocycles. The minimum Gasteiger partial charge on any atom is -0.398 e. The van der Waals surface area contributed by atoms with E-state index in [1.807, 2.05) is 30.5 Å². The molecule has 0 fully saturated rings. The minimum absolute atomic E-state index is 0.0678. The zero-order chi connectivity index (χ0) is 15.1. The quantitative estimate of drug-likeness (QED) is 0.594. The molecule has 6 nitrogen and oxygen atoms in total. The van der Waals surface area contributed by atoms with Crippen molar-refractivity contribution in [2.75, 3.05) is 26.0 Å². The number of hydrogen-bond acceptors (Lipinski definition) is 4. The van der Waals surface area contributed by atoms with Crippen LogP contribution >= 0.6 is 0 Å². The SMILES string of the molecule is COCCCNC(=O)Cn1cc(-c2ccccc2N)cn1. The van der Waals surface area contributed by atoms with Crippen LogP contribution in [0.15, 0.2) is 36.7 Å². The number of ether oxygens (including phenoxy) is 1. The topological polar surface area (TPSA) is 82.2 Å². The summed E-state index contributed by atoms with van der Waals surface area (Å²) < 4.78 is 6.53. The first-order valence-corrected chi connectivity index (χ1v) is 6.83. The van der Waals surface area contributed by atoms with Gasteiger partial charge < -0.3 is 15.8 Å². The van der Waals surface area contributed by atoms with Crippen LogP contribution in [0.5, 0.6) is 0 Å². The first kappa shape index (κ1) is 15.1. The zero-order valence-corrected chi connectivity index (χ0v) is 12.1. The second kappa shape index (κ2) is 7.44. The minimum atomic E-state index is -0.0678. The number of nitrogen functional groups attached to an aromatic ring is 1. The van der Waals surface area contributed by atoms with Crippen molar-refractivity contribution in [3.8, 4) is 11.1 Å². The van der Waals surface area contributed by atoms with Gasteiger partial charge in [0.05, 0.1) is 6.20 Å². The Hall–Kier alpha value is -2.34. The van der Waals surface area contributed by atoms with E-state index in [4.69, 9.17) is 10.5 Å². The number of para-hydroxylation sites is 1.